The third-order valence-electron chi connectivity index (χ3n) is 2.55. The maximum absolute atomic E-state index is 12.0. The molecule has 5 nitrogen and oxygen atoms in total. The standard InChI is InChI=1S/C13H18N2O3/c1-9-6-10(8-14-7-9)12(18)15-13(2,3)5-4-11(16)17/h6-8H,4-5H2,1-3H3,(H,15,18)(H,16,17). The van der Waals surface area contributed by atoms with Crippen LogP contribution in [0.3, 0.4) is 0 Å². The number of pyridine rings is 1. The highest BCUT2D eigenvalue weighted by Crippen LogP contribution is 2.12. The Labute approximate surface area is 106 Å². The maximum atomic E-state index is 12.0. The summed E-state index contributed by atoms with van der Waals surface area (Å²) in [6.45, 7) is 5.47. The van der Waals surface area contributed by atoms with Crippen LogP contribution in [-0.2, 0) is 4.79 Å². The molecule has 1 rings (SSSR count). The van der Waals surface area contributed by atoms with Gasteiger partial charge in [-0.1, -0.05) is 0 Å². The van der Waals surface area contributed by atoms with E-state index in [1.807, 2.05) is 6.92 Å². The second-order valence-corrected chi connectivity index (χ2v) is 4.98. The van der Waals surface area contributed by atoms with Crippen molar-refractivity contribution in [3.05, 3.63) is 29.6 Å². The van der Waals surface area contributed by atoms with Gasteiger partial charge in [0.2, 0.25) is 0 Å². The van der Waals surface area contributed by atoms with E-state index in [1.165, 1.54) is 6.20 Å². The summed E-state index contributed by atoms with van der Waals surface area (Å²) >= 11 is 0. The first kappa shape index (κ1) is 14.2. The lowest BCUT2D eigenvalue weighted by molar-refractivity contribution is -0.137. The molecule has 1 heterocycles. The van der Waals surface area contributed by atoms with E-state index in [2.05, 4.69) is 10.3 Å². The Hall–Kier alpha value is -1.91. The van der Waals surface area contributed by atoms with Crippen LogP contribution in [0.15, 0.2) is 18.5 Å². The molecule has 0 aliphatic carbocycles. The predicted octanol–water partition coefficient (Wildman–Crippen LogP) is 1.76. The van der Waals surface area contributed by atoms with E-state index in [4.69, 9.17) is 5.11 Å². The van der Waals surface area contributed by atoms with Crippen LogP contribution in [-0.4, -0.2) is 27.5 Å². The van der Waals surface area contributed by atoms with Gasteiger partial charge in [0.25, 0.3) is 5.91 Å². The Morgan fingerprint density at radius 3 is 2.61 bits per heavy atom. The molecule has 0 aliphatic rings. The van der Waals surface area contributed by atoms with Crippen LogP contribution in [0.25, 0.3) is 0 Å². The van der Waals surface area contributed by atoms with Crippen LogP contribution in [0.1, 0.15) is 42.6 Å². The highest BCUT2D eigenvalue weighted by molar-refractivity contribution is 5.94. The van der Waals surface area contributed by atoms with Crippen LogP contribution in [0.5, 0.6) is 0 Å². The van der Waals surface area contributed by atoms with E-state index in [-0.39, 0.29) is 12.3 Å². The summed E-state index contributed by atoms with van der Waals surface area (Å²) in [6.07, 6.45) is 3.58. The van der Waals surface area contributed by atoms with Gasteiger partial charge >= 0.3 is 5.97 Å². The van der Waals surface area contributed by atoms with E-state index in [1.54, 1.807) is 26.1 Å². The minimum absolute atomic E-state index is 0.0271. The Morgan fingerprint density at radius 2 is 2.06 bits per heavy atom. The van der Waals surface area contributed by atoms with Crippen molar-refractivity contribution >= 4 is 11.9 Å². The molecule has 98 valence electrons. The van der Waals surface area contributed by atoms with Gasteiger partial charge in [-0.3, -0.25) is 14.6 Å². The first-order valence-corrected chi connectivity index (χ1v) is 5.76. The van der Waals surface area contributed by atoms with Gasteiger partial charge < -0.3 is 10.4 Å². The third-order valence-corrected chi connectivity index (χ3v) is 2.55. The van der Waals surface area contributed by atoms with Crippen molar-refractivity contribution < 1.29 is 14.7 Å². The fourth-order valence-corrected chi connectivity index (χ4v) is 1.54. The normalized spacial score (nSPS) is 11.1. The molecule has 0 saturated heterocycles. The zero-order chi connectivity index (χ0) is 13.8. The van der Waals surface area contributed by atoms with E-state index in [0.717, 1.165) is 5.56 Å². The minimum Gasteiger partial charge on any atom is -0.481 e. The topological polar surface area (TPSA) is 79.3 Å². The summed E-state index contributed by atoms with van der Waals surface area (Å²) < 4.78 is 0. The Kier molecular flexibility index (Phi) is 4.42. The summed E-state index contributed by atoms with van der Waals surface area (Å²) in [5, 5.41) is 11.5. The highest BCUT2D eigenvalue weighted by atomic mass is 16.4. The number of nitrogens with one attached hydrogen (secondary N) is 1. The zero-order valence-corrected chi connectivity index (χ0v) is 10.9. The number of amides is 1. The van der Waals surface area contributed by atoms with E-state index in [0.29, 0.717) is 12.0 Å². The molecule has 0 unspecified atom stereocenters. The number of aromatic nitrogens is 1. The van der Waals surface area contributed by atoms with Crippen molar-refractivity contribution in [2.45, 2.75) is 39.2 Å². The van der Waals surface area contributed by atoms with Crippen molar-refractivity contribution in [1.29, 1.82) is 0 Å². The number of carboxylic acid groups (broad SMARTS) is 1. The first-order chi connectivity index (χ1) is 8.30. The number of hydrogen-bond donors (Lipinski definition) is 2. The van der Waals surface area contributed by atoms with Crippen LogP contribution in [0, 0.1) is 6.92 Å². The van der Waals surface area contributed by atoms with Gasteiger partial charge in [-0.15, -0.1) is 0 Å². The van der Waals surface area contributed by atoms with Gasteiger partial charge in [0.1, 0.15) is 0 Å². The molecule has 0 atom stereocenters. The number of carbonyl (C=O) groups is 2. The molecule has 1 aromatic rings. The molecular formula is C13H18N2O3. The fourth-order valence-electron chi connectivity index (χ4n) is 1.54. The highest BCUT2D eigenvalue weighted by Gasteiger charge is 2.22. The summed E-state index contributed by atoms with van der Waals surface area (Å²) in [6, 6.07) is 1.75. The average molecular weight is 250 g/mol. The van der Waals surface area contributed by atoms with Crippen molar-refractivity contribution in [3.63, 3.8) is 0 Å². The van der Waals surface area contributed by atoms with Crippen LogP contribution < -0.4 is 5.32 Å². The average Bonchev–Trinajstić information content (AvgIpc) is 2.26. The van der Waals surface area contributed by atoms with Gasteiger partial charge in [0.05, 0.1) is 5.56 Å². The van der Waals surface area contributed by atoms with Gasteiger partial charge in [-0.2, -0.15) is 0 Å². The largest absolute Gasteiger partial charge is 0.481 e. The molecule has 5 heteroatoms. The molecule has 0 aromatic carbocycles. The Balaban J connectivity index is 2.66. The molecule has 0 saturated carbocycles. The quantitative estimate of drug-likeness (QED) is 0.834. The maximum Gasteiger partial charge on any atom is 0.303 e. The fraction of sp³-hybridized carbons (Fsp3) is 0.462. The SMILES string of the molecule is Cc1cncc(C(=O)NC(C)(C)CCC(=O)O)c1. The lowest BCUT2D eigenvalue weighted by atomic mass is 9.98. The zero-order valence-electron chi connectivity index (χ0n) is 10.9. The number of nitrogens with zero attached hydrogens (tertiary/aromatic N) is 1. The summed E-state index contributed by atoms with van der Waals surface area (Å²) in [4.78, 5) is 26.4. The first-order valence-electron chi connectivity index (χ1n) is 5.76. The van der Waals surface area contributed by atoms with Crippen LogP contribution in [0.2, 0.25) is 0 Å². The molecule has 18 heavy (non-hydrogen) atoms. The molecule has 0 fully saturated rings. The lowest BCUT2D eigenvalue weighted by Gasteiger charge is -2.25. The minimum atomic E-state index is -0.866. The molecule has 0 bridgehead atoms. The van der Waals surface area contributed by atoms with Crippen LogP contribution >= 0.6 is 0 Å². The number of rotatable bonds is 5. The van der Waals surface area contributed by atoms with Crippen molar-refractivity contribution in [3.8, 4) is 0 Å². The number of carbonyl (C=O) groups excluding carboxylic acids is 1. The van der Waals surface area contributed by atoms with Gasteiger partial charge in [-0.05, 0) is 38.8 Å². The van der Waals surface area contributed by atoms with Crippen molar-refractivity contribution in [2.75, 3.05) is 0 Å². The number of aliphatic carboxylic acids is 1. The third kappa shape index (κ3) is 4.53. The molecule has 2 N–H and O–H groups in total. The van der Waals surface area contributed by atoms with Gasteiger partial charge in [-0.25, -0.2) is 0 Å². The van der Waals surface area contributed by atoms with Gasteiger partial charge in [0.15, 0.2) is 0 Å². The second kappa shape index (κ2) is 5.62. The molecular weight excluding hydrogens is 232 g/mol. The lowest BCUT2D eigenvalue weighted by Crippen LogP contribution is -2.43. The Bertz CT molecular complexity index is 455. The summed E-state index contributed by atoms with van der Waals surface area (Å²) in [5.74, 6) is -1.10. The smallest absolute Gasteiger partial charge is 0.303 e. The van der Waals surface area contributed by atoms with Gasteiger partial charge in [0, 0.05) is 24.4 Å². The van der Waals surface area contributed by atoms with Crippen molar-refractivity contribution in [2.24, 2.45) is 0 Å². The monoisotopic (exact) mass is 250 g/mol. The number of carboxylic acids is 1. The molecule has 1 aromatic heterocycles. The van der Waals surface area contributed by atoms with E-state index in [9.17, 15) is 9.59 Å². The summed E-state index contributed by atoms with van der Waals surface area (Å²) in [5.41, 5.74) is 0.837. The second-order valence-electron chi connectivity index (χ2n) is 4.98. The molecule has 0 radical (unpaired) electrons. The molecule has 0 spiro atoms. The molecule has 0 aliphatic heterocycles. The number of aryl methyl sites for hydroxylation is 1. The Morgan fingerprint density at radius 1 is 1.39 bits per heavy atom. The number of hydrogen-bond acceptors (Lipinski definition) is 3. The summed E-state index contributed by atoms with van der Waals surface area (Å²) in [7, 11) is 0. The van der Waals surface area contributed by atoms with E-state index >= 15 is 0 Å². The predicted molar refractivity (Wildman–Crippen MR) is 67.4 cm³/mol. The molecule has 1 amide bonds. The van der Waals surface area contributed by atoms with E-state index < -0.39 is 11.5 Å². The van der Waals surface area contributed by atoms with Crippen LogP contribution in [0.4, 0.5) is 0 Å². The van der Waals surface area contributed by atoms with Crippen molar-refractivity contribution in [1.82, 2.24) is 10.3 Å².